The Morgan fingerprint density at radius 3 is 2.27 bits per heavy atom. The van der Waals surface area contributed by atoms with Crippen LogP contribution in [0.3, 0.4) is 0 Å². The topological polar surface area (TPSA) is 12.9 Å². The fraction of sp³-hybridized carbons (Fsp3) is 0.190. The number of benzene rings is 2. The third-order valence-electron chi connectivity index (χ3n) is 4.81. The molecule has 1 aromatic heterocycles. The third-order valence-corrected chi connectivity index (χ3v) is 4.81. The molecule has 0 N–H and O–H groups in total. The lowest BCUT2D eigenvalue weighted by Crippen LogP contribution is -2.17. The van der Waals surface area contributed by atoms with E-state index in [1.165, 1.54) is 33.4 Å². The monoisotopic (exact) mass is 285 g/mol. The molecule has 2 aromatic carbocycles. The van der Waals surface area contributed by atoms with Crippen molar-refractivity contribution in [3.05, 3.63) is 77.5 Å². The summed E-state index contributed by atoms with van der Waals surface area (Å²) in [6.07, 6.45) is 1.93. The number of pyridine rings is 1. The van der Waals surface area contributed by atoms with E-state index in [4.69, 9.17) is 4.98 Å². The Morgan fingerprint density at radius 1 is 0.773 bits per heavy atom. The van der Waals surface area contributed by atoms with Crippen LogP contribution in [0, 0.1) is 6.92 Å². The van der Waals surface area contributed by atoms with Crippen molar-refractivity contribution >= 4 is 0 Å². The maximum absolute atomic E-state index is 4.69. The average molecular weight is 285 g/mol. The van der Waals surface area contributed by atoms with E-state index in [2.05, 4.69) is 75.4 Å². The van der Waals surface area contributed by atoms with E-state index in [0.717, 1.165) is 5.69 Å². The molecule has 0 aliphatic heterocycles. The van der Waals surface area contributed by atoms with E-state index in [0.29, 0.717) is 0 Å². The maximum Gasteiger partial charge on any atom is 0.0748 e. The van der Waals surface area contributed by atoms with Crippen LogP contribution in [0.4, 0.5) is 0 Å². The molecule has 1 nitrogen and oxygen atoms in total. The summed E-state index contributed by atoms with van der Waals surface area (Å²) >= 11 is 0. The van der Waals surface area contributed by atoms with Crippen LogP contribution in [0.15, 0.2) is 60.8 Å². The predicted octanol–water partition coefficient (Wildman–Crippen LogP) is 5.36. The van der Waals surface area contributed by atoms with Crippen molar-refractivity contribution in [3.63, 3.8) is 0 Å². The lowest BCUT2D eigenvalue weighted by molar-refractivity contribution is 0.656. The number of rotatable bonds is 1. The number of hydrogen-bond acceptors (Lipinski definition) is 1. The normalized spacial score (nSPS) is 14.5. The first-order valence-corrected chi connectivity index (χ1v) is 7.76. The highest BCUT2D eigenvalue weighted by molar-refractivity contribution is 5.86. The van der Waals surface area contributed by atoms with E-state index in [1.54, 1.807) is 0 Å². The summed E-state index contributed by atoms with van der Waals surface area (Å²) < 4.78 is 0. The predicted molar refractivity (Wildman–Crippen MR) is 92.0 cm³/mol. The summed E-state index contributed by atoms with van der Waals surface area (Å²) in [7, 11) is 0. The molecule has 1 heteroatoms. The minimum absolute atomic E-state index is 0.0184. The van der Waals surface area contributed by atoms with Gasteiger partial charge in [-0.05, 0) is 40.8 Å². The molecule has 0 saturated heterocycles. The van der Waals surface area contributed by atoms with Gasteiger partial charge in [0.25, 0.3) is 0 Å². The Morgan fingerprint density at radius 2 is 1.50 bits per heavy atom. The summed E-state index contributed by atoms with van der Waals surface area (Å²) in [6, 6.07) is 19.4. The van der Waals surface area contributed by atoms with Crippen molar-refractivity contribution < 1.29 is 0 Å². The van der Waals surface area contributed by atoms with Crippen molar-refractivity contribution in [2.45, 2.75) is 26.2 Å². The zero-order chi connectivity index (χ0) is 15.3. The van der Waals surface area contributed by atoms with Crippen LogP contribution in [0.5, 0.6) is 0 Å². The molecule has 0 amide bonds. The Bertz CT molecular complexity index is 860. The summed E-state index contributed by atoms with van der Waals surface area (Å²) in [6.45, 7) is 6.83. The molecule has 0 radical (unpaired) electrons. The highest BCUT2D eigenvalue weighted by Gasteiger charge is 2.39. The molecular weight excluding hydrogens is 266 g/mol. The number of aromatic nitrogens is 1. The fourth-order valence-electron chi connectivity index (χ4n) is 3.96. The minimum Gasteiger partial charge on any atom is -0.256 e. The Balaban J connectivity index is 2.07. The SMILES string of the molecule is Cc1ccnc2c1C(C)(C)c1c(-c3ccccc3)cccc1-2. The van der Waals surface area contributed by atoms with Crippen LogP contribution in [-0.4, -0.2) is 4.98 Å². The van der Waals surface area contributed by atoms with Gasteiger partial charge in [0.1, 0.15) is 0 Å². The van der Waals surface area contributed by atoms with Gasteiger partial charge >= 0.3 is 0 Å². The quantitative estimate of drug-likeness (QED) is 0.586. The van der Waals surface area contributed by atoms with Gasteiger partial charge in [-0.2, -0.15) is 0 Å². The van der Waals surface area contributed by atoms with Crippen LogP contribution < -0.4 is 0 Å². The highest BCUT2D eigenvalue weighted by atomic mass is 14.7. The molecule has 1 aliphatic rings. The summed E-state index contributed by atoms with van der Waals surface area (Å²) in [5.41, 5.74) is 9.10. The van der Waals surface area contributed by atoms with Gasteiger partial charge in [-0.25, -0.2) is 0 Å². The van der Waals surface area contributed by atoms with Gasteiger partial charge in [0.05, 0.1) is 5.69 Å². The lowest BCUT2D eigenvalue weighted by atomic mass is 9.78. The van der Waals surface area contributed by atoms with Gasteiger partial charge in [-0.1, -0.05) is 62.4 Å². The third kappa shape index (κ3) is 1.69. The van der Waals surface area contributed by atoms with E-state index in [-0.39, 0.29) is 5.41 Å². The summed E-state index contributed by atoms with van der Waals surface area (Å²) in [5, 5.41) is 0. The maximum atomic E-state index is 4.69. The van der Waals surface area contributed by atoms with Crippen molar-refractivity contribution in [2.24, 2.45) is 0 Å². The van der Waals surface area contributed by atoms with Crippen molar-refractivity contribution in [1.29, 1.82) is 0 Å². The van der Waals surface area contributed by atoms with Gasteiger partial charge in [0.2, 0.25) is 0 Å². The first-order valence-electron chi connectivity index (χ1n) is 7.76. The number of nitrogens with zero attached hydrogens (tertiary/aromatic N) is 1. The molecule has 3 aromatic rings. The molecule has 0 unspecified atom stereocenters. The molecule has 4 rings (SSSR count). The first-order chi connectivity index (χ1) is 10.6. The van der Waals surface area contributed by atoms with Gasteiger partial charge < -0.3 is 0 Å². The van der Waals surface area contributed by atoms with Gasteiger partial charge in [0, 0.05) is 17.2 Å². The molecular formula is C21H19N. The Kier molecular flexibility index (Phi) is 2.74. The van der Waals surface area contributed by atoms with Gasteiger partial charge in [-0.15, -0.1) is 0 Å². The van der Waals surface area contributed by atoms with Crippen molar-refractivity contribution in [3.8, 4) is 22.4 Å². The van der Waals surface area contributed by atoms with Crippen LogP contribution in [0.2, 0.25) is 0 Å². The summed E-state index contributed by atoms with van der Waals surface area (Å²) in [5.74, 6) is 0. The molecule has 0 spiro atoms. The second-order valence-electron chi connectivity index (χ2n) is 6.57. The van der Waals surface area contributed by atoms with E-state index in [9.17, 15) is 0 Å². The van der Waals surface area contributed by atoms with Crippen LogP contribution in [0.25, 0.3) is 22.4 Å². The van der Waals surface area contributed by atoms with E-state index >= 15 is 0 Å². The fourth-order valence-corrected chi connectivity index (χ4v) is 3.96. The molecule has 1 aliphatic carbocycles. The standard InChI is InChI=1S/C21H19N/c1-14-12-13-22-20-17-11-7-10-16(15-8-5-4-6-9-15)19(17)21(2,3)18(14)20/h4-13H,1-3H3. The van der Waals surface area contributed by atoms with Crippen LogP contribution in [-0.2, 0) is 5.41 Å². The molecule has 1 heterocycles. The molecule has 22 heavy (non-hydrogen) atoms. The second-order valence-corrected chi connectivity index (χ2v) is 6.57. The molecule has 0 fully saturated rings. The second kappa shape index (κ2) is 4.54. The molecule has 0 atom stereocenters. The lowest BCUT2D eigenvalue weighted by Gasteiger charge is -2.25. The van der Waals surface area contributed by atoms with Gasteiger partial charge in [-0.3, -0.25) is 4.98 Å². The molecule has 108 valence electrons. The van der Waals surface area contributed by atoms with Gasteiger partial charge in [0.15, 0.2) is 0 Å². The Labute approximate surface area is 131 Å². The van der Waals surface area contributed by atoms with Crippen LogP contribution in [0.1, 0.15) is 30.5 Å². The van der Waals surface area contributed by atoms with E-state index in [1.807, 2.05) is 6.20 Å². The minimum atomic E-state index is -0.0184. The first kappa shape index (κ1) is 13.3. The largest absolute Gasteiger partial charge is 0.256 e. The smallest absolute Gasteiger partial charge is 0.0748 e. The Hall–Kier alpha value is -2.41. The number of fused-ring (bicyclic) bond motifs is 3. The molecule has 0 bridgehead atoms. The highest BCUT2D eigenvalue weighted by Crippen LogP contribution is 2.52. The van der Waals surface area contributed by atoms with Crippen molar-refractivity contribution in [1.82, 2.24) is 4.98 Å². The van der Waals surface area contributed by atoms with Crippen LogP contribution >= 0.6 is 0 Å². The van der Waals surface area contributed by atoms with Crippen molar-refractivity contribution in [2.75, 3.05) is 0 Å². The zero-order valence-corrected chi connectivity index (χ0v) is 13.2. The van der Waals surface area contributed by atoms with E-state index < -0.39 is 0 Å². The number of hydrogen-bond donors (Lipinski definition) is 0. The summed E-state index contributed by atoms with van der Waals surface area (Å²) in [4.78, 5) is 4.69. The number of aryl methyl sites for hydroxylation is 1. The average Bonchev–Trinajstić information content (AvgIpc) is 2.78. The molecule has 0 saturated carbocycles. The zero-order valence-electron chi connectivity index (χ0n) is 13.2.